The molecule has 0 unspecified atom stereocenters. The quantitative estimate of drug-likeness (QED) is 0.593. The molecule has 0 amide bonds. The van der Waals surface area contributed by atoms with E-state index in [0.717, 1.165) is 13.1 Å². The van der Waals surface area contributed by atoms with Gasteiger partial charge in [0.2, 0.25) is 0 Å². The minimum atomic E-state index is 0.622. The molecule has 1 aromatic rings. The van der Waals surface area contributed by atoms with Gasteiger partial charge in [-0.1, -0.05) is 0 Å². The molecule has 1 N–H and O–H groups in total. The SMILES string of the molecule is C[C@@H]1CCn2nccc2CN1. The first-order valence-corrected chi connectivity index (χ1v) is 4.10. The van der Waals surface area contributed by atoms with Gasteiger partial charge in [-0.25, -0.2) is 0 Å². The highest BCUT2D eigenvalue weighted by molar-refractivity contribution is 5.01. The minimum absolute atomic E-state index is 0.622. The summed E-state index contributed by atoms with van der Waals surface area (Å²) in [6, 6.07) is 2.70. The van der Waals surface area contributed by atoms with Crippen LogP contribution in [0.2, 0.25) is 0 Å². The molecule has 2 rings (SSSR count). The number of nitrogens with one attached hydrogen (secondary N) is 1. The highest BCUT2D eigenvalue weighted by Crippen LogP contribution is 2.06. The van der Waals surface area contributed by atoms with Crippen molar-refractivity contribution >= 4 is 0 Å². The van der Waals surface area contributed by atoms with E-state index >= 15 is 0 Å². The molecule has 1 aliphatic heterocycles. The lowest BCUT2D eigenvalue weighted by Crippen LogP contribution is -2.23. The zero-order valence-corrected chi connectivity index (χ0v) is 6.75. The molecule has 60 valence electrons. The number of aryl methyl sites for hydroxylation is 1. The standard InChI is InChI=1S/C8H13N3/c1-7-3-5-11-8(6-9-7)2-4-10-11/h2,4,7,9H,3,5-6H2,1H3/t7-/m1/s1. The van der Waals surface area contributed by atoms with Gasteiger partial charge in [-0.15, -0.1) is 0 Å². The molecule has 2 heterocycles. The van der Waals surface area contributed by atoms with E-state index in [0.29, 0.717) is 6.04 Å². The lowest BCUT2D eigenvalue weighted by molar-refractivity contribution is 0.504. The van der Waals surface area contributed by atoms with E-state index in [1.807, 2.05) is 6.20 Å². The highest BCUT2D eigenvalue weighted by atomic mass is 15.3. The summed E-state index contributed by atoms with van der Waals surface area (Å²) >= 11 is 0. The number of aromatic nitrogens is 2. The molecule has 0 saturated carbocycles. The predicted molar refractivity (Wildman–Crippen MR) is 43.1 cm³/mol. The van der Waals surface area contributed by atoms with Gasteiger partial charge in [-0.05, 0) is 19.4 Å². The van der Waals surface area contributed by atoms with Crippen LogP contribution in [-0.2, 0) is 13.1 Å². The third-order valence-electron chi connectivity index (χ3n) is 2.21. The maximum atomic E-state index is 4.23. The van der Waals surface area contributed by atoms with Crippen molar-refractivity contribution in [1.82, 2.24) is 15.1 Å². The average molecular weight is 151 g/mol. The average Bonchev–Trinajstić information content (AvgIpc) is 2.38. The molecule has 0 radical (unpaired) electrons. The van der Waals surface area contributed by atoms with Crippen molar-refractivity contribution in [2.24, 2.45) is 0 Å². The van der Waals surface area contributed by atoms with Crippen molar-refractivity contribution in [3.8, 4) is 0 Å². The van der Waals surface area contributed by atoms with Crippen molar-refractivity contribution in [3.05, 3.63) is 18.0 Å². The fraction of sp³-hybridized carbons (Fsp3) is 0.625. The molecule has 3 heteroatoms. The molecule has 0 aliphatic carbocycles. The first-order chi connectivity index (χ1) is 5.36. The van der Waals surface area contributed by atoms with Crippen LogP contribution in [-0.4, -0.2) is 15.8 Å². The summed E-state index contributed by atoms with van der Waals surface area (Å²) in [4.78, 5) is 0. The van der Waals surface area contributed by atoms with E-state index in [2.05, 4.69) is 28.1 Å². The third kappa shape index (κ3) is 1.28. The van der Waals surface area contributed by atoms with Crippen LogP contribution in [0.4, 0.5) is 0 Å². The molecule has 0 aromatic carbocycles. The monoisotopic (exact) mass is 151 g/mol. The van der Waals surface area contributed by atoms with Gasteiger partial charge in [-0.3, -0.25) is 4.68 Å². The number of fused-ring (bicyclic) bond motifs is 1. The molecule has 0 bridgehead atoms. The normalized spacial score (nSPS) is 24.3. The van der Waals surface area contributed by atoms with E-state index in [4.69, 9.17) is 0 Å². The van der Waals surface area contributed by atoms with Gasteiger partial charge in [0.15, 0.2) is 0 Å². The van der Waals surface area contributed by atoms with Crippen LogP contribution in [0, 0.1) is 0 Å². The third-order valence-corrected chi connectivity index (χ3v) is 2.21. The maximum absolute atomic E-state index is 4.23. The zero-order chi connectivity index (χ0) is 7.68. The summed E-state index contributed by atoms with van der Waals surface area (Å²) < 4.78 is 2.08. The Labute approximate surface area is 66.4 Å². The Balaban J connectivity index is 2.20. The Bertz CT molecular complexity index is 219. The van der Waals surface area contributed by atoms with Gasteiger partial charge in [-0.2, -0.15) is 5.10 Å². The summed E-state index contributed by atoms with van der Waals surface area (Å²) in [5.74, 6) is 0. The summed E-state index contributed by atoms with van der Waals surface area (Å²) in [7, 11) is 0. The highest BCUT2D eigenvalue weighted by Gasteiger charge is 2.10. The number of nitrogens with zero attached hydrogens (tertiary/aromatic N) is 2. The lowest BCUT2D eigenvalue weighted by Gasteiger charge is -2.06. The Kier molecular flexibility index (Phi) is 1.66. The van der Waals surface area contributed by atoms with Gasteiger partial charge in [0.1, 0.15) is 0 Å². The molecule has 0 fully saturated rings. The molecule has 11 heavy (non-hydrogen) atoms. The van der Waals surface area contributed by atoms with E-state index in [1.54, 1.807) is 0 Å². The largest absolute Gasteiger partial charge is 0.309 e. The molecule has 3 nitrogen and oxygen atoms in total. The molecule has 1 aromatic heterocycles. The van der Waals surface area contributed by atoms with Crippen LogP contribution in [0.5, 0.6) is 0 Å². The van der Waals surface area contributed by atoms with Crippen molar-refractivity contribution in [1.29, 1.82) is 0 Å². The van der Waals surface area contributed by atoms with Crippen LogP contribution >= 0.6 is 0 Å². The first kappa shape index (κ1) is 6.85. The fourth-order valence-electron chi connectivity index (χ4n) is 1.41. The van der Waals surface area contributed by atoms with E-state index in [9.17, 15) is 0 Å². The van der Waals surface area contributed by atoms with Crippen LogP contribution in [0.1, 0.15) is 19.0 Å². The Morgan fingerprint density at radius 1 is 1.73 bits per heavy atom. The molecule has 0 spiro atoms. The number of hydrogen-bond donors (Lipinski definition) is 1. The van der Waals surface area contributed by atoms with Crippen LogP contribution < -0.4 is 5.32 Å². The number of rotatable bonds is 0. The van der Waals surface area contributed by atoms with Crippen molar-refractivity contribution < 1.29 is 0 Å². The Morgan fingerprint density at radius 3 is 3.55 bits per heavy atom. The van der Waals surface area contributed by atoms with Gasteiger partial charge in [0.05, 0.1) is 5.69 Å². The molecular formula is C8H13N3. The Morgan fingerprint density at radius 2 is 2.64 bits per heavy atom. The molecule has 1 aliphatic rings. The summed E-state index contributed by atoms with van der Waals surface area (Å²) in [5, 5.41) is 7.65. The maximum Gasteiger partial charge on any atom is 0.0522 e. The second kappa shape index (κ2) is 2.66. The predicted octanol–water partition coefficient (Wildman–Crippen LogP) is 0.765. The topological polar surface area (TPSA) is 29.9 Å². The first-order valence-electron chi connectivity index (χ1n) is 4.10. The minimum Gasteiger partial charge on any atom is -0.309 e. The van der Waals surface area contributed by atoms with Crippen LogP contribution in [0.15, 0.2) is 12.3 Å². The fourth-order valence-corrected chi connectivity index (χ4v) is 1.41. The molecular weight excluding hydrogens is 138 g/mol. The second-order valence-corrected chi connectivity index (χ2v) is 3.12. The van der Waals surface area contributed by atoms with E-state index < -0.39 is 0 Å². The van der Waals surface area contributed by atoms with Crippen LogP contribution in [0.3, 0.4) is 0 Å². The summed E-state index contributed by atoms with van der Waals surface area (Å²) in [6.07, 6.45) is 3.04. The zero-order valence-electron chi connectivity index (χ0n) is 6.75. The summed E-state index contributed by atoms with van der Waals surface area (Å²) in [5.41, 5.74) is 1.30. The Hall–Kier alpha value is -0.830. The van der Waals surface area contributed by atoms with Crippen LogP contribution in [0.25, 0.3) is 0 Å². The second-order valence-electron chi connectivity index (χ2n) is 3.12. The van der Waals surface area contributed by atoms with Crippen molar-refractivity contribution in [2.45, 2.75) is 32.5 Å². The number of hydrogen-bond acceptors (Lipinski definition) is 2. The summed E-state index contributed by atoms with van der Waals surface area (Å²) in [6.45, 7) is 4.23. The van der Waals surface area contributed by atoms with Gasteiger partial charge in [0, 0.05) is 25.3 Å². The van der Waals surface area contributed by atoms with Crippen molar-refractivity contribution in [2.75, 3.05) is 0 Å². The van der Waals surface area contributed by atoms with Gasteiger partial charge >= 0.3 is 0 Å². The van der Waals surface area contributed by atoms with Gasteiger partial charge < -0.3 is 5.32 Å². The van der Waals surface area contributed by atoms with Crippen molar-refractivity contribution in [3.63, 3.8) is 0 Å². The molecule has 0 saturated heterocycles. The molecule has 1 atom stereocenters. The van der Waals surface area contributed by atoms with E-state index in [-0.39, 0.29) is 0 Å². The van der Waals surface area contributed by atoms with E-state index in [1.165, 1.54) is 12.1 Å². The van der Waals surface area contributed by atoms with Gasteiger partial charge in [0.25, 0.3) is 0 Å². The smallest absolute Gasteiger partial charge is 0.0522 e. The lowest BCUT2D eigenvalue weighted by atomic mass is 10.2.